The van der Waals surface area contributed by atoms with Gasteiger partial charge in [-0.15, -0.1) is 0 Å². The van der Waals surface area contributed by atoms with Crippen molar-refractivity contribution in [3.05, 3.63) is 41.6 Å². The van der Waals surface area contributed by atoms with E-state index in [0.717, 1.165) is 25.8 Å². The molecule has 2 aliphatic rings. The van der Waals surface area contributed by atoms with E-state index >= 15 is 0 Å². The molecule has 1 aromatic carbocycles. The molecule has 5 nitrogen and oxygen atoms in total. The maximum absolute atomic E-state index is 12.6. The highest BCUT2D eigenvalue weighted by atomic mass is 16.1. The van der Waals surface area contributed by atoms with Crippen LogP contribution in [0, 0.1) is 22.2 Å². The van der Waals surface area contributed by atoms with Crippen molar-refractivity contribution in [3.8, 4) is 6.07 Å². The predicted molar refractivity (Wildman–Crippen MR) is 105 cm³/mol. The van der Waals surface area contributed by atoms with Gasteiger partial charge in [-0.2, -0.15) is 5.26 Å². The lowest BCUT2D eigenvalue weighted by Crippen LogP contribution is -2.33. The average Bonchev–Trinajstić information content (AvgIpc) is 2.81. The molecule has 1 saturated carbocycles. The van der Waals surface area contributed by atoms with Gasteiger partial charge in [0.25, 0.3) is 5.91 Å². The van der Waals surface area contributed by atoms with E-state index in [9.17, 15) is 14.9 Å². The van der Waals surface area contributed by atoms with E-state index in [1.165, 1.54) is 6.92 Å². The fourth-order valence-corrected chi connectivity index (χ4v) is 4.95. The minimum absolute atomic E-state index is 0.0259. The highest BCUT2D eigenvalue weighted by Crippen LogP contribution is 2.52. The lowest BCUT2D eigenvalue weighted by Gasteiger charge is -2.39. The van der Waals surface area contributed by atoms with Crippen LogP contribution in [-0.2, 0) is 4.79 Å². The van der Waals surface area contributed by atoms with Crippen LogP contribution in [-0.4, -0.2) is 29.2 Å². The summed E-state index contributed by atoms with van der Waals surface area (Å²) in [6.07, 6.45) is 5.08. The van der Waals surface area contributed by atoms with Crippen LogP contribution in [0.15, 0.2) is 36.0 Å². The molecule has 2 fully saturated rings. The number of likely N-dealkylation sites (tertiary alicyclic amines) is 1. The molecule has 1 aromatic rings. The Kier molecular flexibility index (Phi) is 4.86. The molecule has 0 radical (unpaired) electrons. The average molecular weight is 365 g/mol. The van der Waals surface area contributed by atoms with Gasteiger partial charge < -0.3 is 10.2 Å². The summed E-state index contributed by atoms with van der Waals surface area (Å²) in [6, 6.07) is 9.11. The molecule has 1 heterocycles. The third kappa shape index (κ3) is 4.21. The molecule has 142 valence electrons. The number of carbonyl (C=O) groups excluding carboxylic acids is 2. The Labute approximate surface area is 161 Å². The maximum atomic E-state index is 12.6. The number of hydrogen-bond acceptors (Lipinski definition) is 4. The summed E-state index contributed by atoms with van der Waals surface area (Å²) < 4.78 is 0. The number of carbonyl (C=O) groups is 2. The topological polar surface area (TPSA) is 73.2 Å². The number of Topliss-reactive ketones (excluding diaryl/α,β-unsaturated/α-hetero) is 1. The Morgan fingerprint density at radius 3 is 2.48 bits per heavy atom. The van der Waals surface area contributed by atoms with Gasteiger partial charge in [0.15, 0.2) is 5.78 Å². The number of ketones is 1. The summed E-state index contributed by atoms with van der Waals surface area (Å²) in [5, 5.41) is 12.3. The molecule has 1 aliphatic heterocycles. The summed E-state index contributed by atoms with van der Waals surface area (Å²) in [5.74, 6) is -0.444. The third-order valence-corrected chi connectivity index (χ3v) is 5.66. The largest absolute Gasteiger partial charge is 0.373 e. The van der Waals surface area contributed by atoms with Crippen molar-refractivity contribution in [2.24, 2.45) is 10.8 Å². The Morgan fingerprint density at radius 2 is 1.89 bits per heavy atom. The lowest BCUT2D eigenvalue weighted by molar-refractivity contribution is -0.112. The van der Waals surface area contributed by atoms with Crippen molar-refractivity contribution >= 4 is 17.4 Å². The van der Waals surface area contributed by atoms with Crippen LogP contribution >= 0.6 is 0 Å². The highest BCUT2D eigenvalue weighted by molar-refractivity contribution is 6.06. The molecule has 27 heavy (non-hydrogen) atoms. The number of benzene rings is 1. The minimum Gasteiger partial charge on any atom is -0.373 e. The molecule has 1 aliphatic carbocycles. The van der Waals surface area contributed by atoms with E-state index in [4.69, 9.17) is 0 Å². The van der Waals surface area contributed by atoms with Gasteiger partial charge in [0, 0.05) is 30.0 Å². The van der Waals surface area contributed by atoms with Gasteiger partial charge in [-0.25, -0.2) is 0 Å². The van der Waals surface area contributed by atoms with Crippen molar-refractivity contribution in [2.75, 3.05) is 11.9 Å². The highest BCUT2D eigenvalue weighted by Gasteiger charge is 2.48. The Bertz CT molecular complexity index is 832. The van der Waals surface area contributed by atoms with Crippen LogP contribution in [0.3, 0.4) is 0 Å². The Hall–Kier alpha value is -2.61. The zero-order chi connectivity index (χ0) is 19.8. The smallest absolute Gasteiger partial charge is 0.267 e. The van der Waals surface area contributed by atoms with Gasteiger partial charge in [0.05, 0.1) is 0 Å². The standard InChI is InChI=1S/C22H27N3O2/c1-15(26)16-5-7-18(8-6-16)24-20(27)17(11-23)12-25-14-22(4)10-19(25)9-21(2,3)13-22/h5-8,12,19H,9-10,13-14H2,1-4H3,(H,24,27)/b17-12-. The van der Waals surface area contributed by atoms with Gasteiger partial charge in [-0.1, -0.05) is 20.8 Å². The summed E-state index contributed by atoms with van der Waals surface area (Å²) in [6.45, 7) is 9.28. The van der Waals surface area contributed by atoms with Gasteiger partial charge >= 0.3 is 0 Å². The molecular formula is C22H27N3O2. The Morgan fingerprint density at radius 1 is 1.22 bits per heavy atom. The second-order valence-corrected chi connectivity index (χ2v) is 9.13. The number of nitrogens with zero attached hydrogens (tertiary/aromatic N) is 2. The van der Waals surface area contributed by atoms with Gasteiger partial charge in [0.1, 0.15) is 11.6 Å². The first-order valence-electron chi connectivity index (χ1n) is 9.41. The fourth-order valence-electron chi connectivity index (χ4n) is 4.95. The molecule has 2 bridgehead atoms. The van der Waals surface area contributed by atoms with E-state index in [1.807, 2.05) is 6.07 Å². The second kappa shape index (κ2) is 6.84. The van der Waals surface area contributed by atoms with Crippen molar-refractivity contribution in [1.29, 1.82) is 5.26 Å². The predicted octanol–water partition coefficient (Wildman–Crippen LogP) is 4.14. The fraction of sp³-hybridized carbons (Fsp3) is 0.500. The molecule has 1 amide bonds. The second-order valence-electron chi connectivity index (χ2n) is 9.13. The zero-order valence-electron chi connectivity index (χ0n) is 16.5. The van der Waals surface area contributed by atoms with Crippen LogP contribution in [0.1, 0.15) is 57.3 Å². The van der Waals surface area contributed by atoms with Crippen LogP contribution < -0.4 is 5.32 Å². The van der Waals surface area contributed by atoms with Crippen LogP contribution in [0.4, 0.5) is 5.69 Å². The maximum Gasteiger partial charge on any atom is 0.267 e. The number of hydrogen-bond donors (Lipinski definition) is 1. The van der Waals surface area contributed by atoms with E-state index < -0.39 is 5.91 Å². The summed E-state index contributed by atoms with van der Waals surface area (Å²) in [7, 11) is 0. The molecule has 0 spiro atoms. The number of nitrogens with one attached hydrogen (secondary N) is 1. The summed E-state index contributed by atoms with van der Waals surface area (Å²) >= 11 is 0. The molecular weight excluding hydrogens is 338 g/mol. The third-order valence-electron chi connectivity index (χ3n) is 5.66. The van der Waals surface area contributed by atoms with Crippen LogP contribution in [0.5, 0.6) is 0 Å². The number of fused-ring (bicyclic) bond motifs is 2. The van der Waals surface area contributed by atoms with E-state index in [1.54, 1.807) is 30.5 Å². The zero-order valence-corrected chi connectivity index (χ0v) is 16.5. The molecule has 2 atom stereocenters. The quantitative estimate of drug-likeness (QED) is 0.494. The van der Waals surface area contributed by atoms with Gasteiger partial charge in [-0.3, -0.25) is 9.59 Å². The first-order chi connectivity index (χ1) is 12.6. The van der Waals surface area contributed by atoms with Crippen molar-refractivity contribution < 1.29 is 9.59 Å². The number of amides is 1. The molecule has 5 heteroatoms. The number of rotatable bonds is 4. The van der Waals surface area contributed by atoms with E-state index in [-0.39, 0.29) is 22.2 Å². The molecule has 3 rings (SSSR count). The first-order valence-corrected chi connectivity index (χ1v) is 9.41. The monoisotopic (exact) mass is 365 g/mol. The molecule has 2 unspecified atom stereocenters. The van der Waals surface area contributed by atoms with Crippen LogP contribution in [0.25, 0.3) is 0 Å². The normalized spacial score (nSPS) is 26.4. The SMILES string of the molecule is CC(=O)c1ccc(NC(=O)/C(C#N)=C\N2CC3(C)CC2CC(C)(C)C3)cc1. The van der Waals surface area contributed by atoms with Crippen LogP contribution in [0.2, 0.25) is 0 Å². The van der Waals surface area contributed by atoms with Crippen molar-refractivity contribution in [2.45, 2.75) is 53.0 Å². The van der Waals surface area contributed by atoms with Crippen molar-refractivity contribution in [3.63, 3.8) is 0 Å². The number of nitriles is 1. The van der Waals surface area contributed by atoms with Gasteiger partial charge in [-0.05, 0) is 61.3 Å². The van der Waals surface area contributed by atoms with Gasteiger partial charge in [0.2, 0.25) is 0 Å². The Balaban J connectivity index is 1.74. The molecule has 0 aromatic heterocycles. The molecule has 1 saturated heterocycles. The summed E-state index contributed by atoms with van der Waals surface area (Å²) in [5.41, 5.74) is 1.79. The molecule has 1 N–H and O–H groups in total. The van der Waals surface area contributed by atoms with E-state index in [0.29, 0.717) is 17.3 Å². The van der Waals surface area contributed by atoms with E-state index in [2.05, 4.69) is 31.0 Å². The lowest BCUT2D eigenvalue weighted by atomic mass is 9.65. The first kappa shape index (κ1) is 19.2. The number of anilines is 1. The minimum atomic E-state index is -0.418. The summed E-state index contributed by atoms with van der Waals surface area (Å²) in [4.78, 5) is 26.1. The van der Waals surface area contributed by atoms with Crippen molar-refractivity contribution in [1.82, 2.24) is 4.90 Å².